The van der Waals surface area contributed by atoms with Gasteiger partial charge in [0.1, 0.15) is 5.60 Å². The van der Waals surface area contributed by atoms with Crippen molar-refractivity contribution in [2.75, 3.05) is 13.1 Å². The molecular formula is C15H23NO. The molecule has 1 atom stereocenters. The van der Waals surface area contributed by atoms with Gasteiger partial charge in [-0.1, -0.05) is 38.1 Å². The Kier molecular flexibility index (Phi) is 3.85. The fraction of sp³-hybridized carbons (Fsp3) is 0.600. The number of benzene rings is 1. The summed E-state index contributed by atoms with van der Waals surface area (Å²) in [5, 5.41) is 13.8. The van der Waals surface area contributed by atoms with E-state index in [0.717, 1.165) is 31.4 Å². The molecule has 2 rings (SSSR count). The van der Waals surface area contributed by atoms with Crippen molar-refractivity contribution in [2.45, 2.75) is 38.7 Å². The minimum absolute atomic E-state index is 0.658. The lowest BCUT2D eigenvalue weighted by Gasteiger charge is -2.33. The quantitative estimate of drug-likeness (QED) is 0.840. The van der Waals surface area contributed by atoms with Crippen molar-refractivity contribution in [3.05, 3.63) is 35.4 Å². The van der Waals surface area contributed by atoms with Crippen molar-refractivity contribution in [2.24, 2.45) is 5.92 Å². The number of β-amino-alcohol motifs (C(OH)–C–C–N with tert-alkyl or cyclic N) is 1. The van der Waals surface area contributed by atoms with E-state index in [1.807, 2.05) is 0 Å². The third-order valence-electron chi connectivity index (χ3n) is 3.50. The summed E-state index contributed by atoms with van der Waals surface area (Å²) in [7, 11) is 0. The largest absolute Gasteiger partial charge is 0.384 e. The summed E-state index contributed by atoms with van der Waals surface area (Å²) in [6, 6.07) is 8.49. The summed E-state index contributed by atoms with van der Waals surface area (Å²) in [6.45, 7) is 6.16. The van der Waals surface area contributed by atoms with Crippen LogP contribution in [0.2, 0.25) is 0 Å². The lowest BCUT2D eigenvalue weighted by atomic mass is 9.86. The second-order valence-electron chi connectivity index (χ2n) is 5.61. The Labute approximate surface area is 104 Å². The van der Waals surface area contributed by atoms with Crippen LogP contribution in [0, 0.1) is 5.92 Å². The third-order valence-corrected chi connectivity index (χ3v) is 3.50. The summed E-state index contributed by atoms with van der Waals surface area (Å²) >= 11 is 0. The summed E-state index contributed by atoms with van der Waals surface area (Å²) in [5.41, 5.74) is 1.75. The maximum absolute atomic E-state index is 10.6. The smallest absolute Gasteiger partial charge is 0.102 e. The fourth-order valence-corrected chi connectivity index (χ4v) is 2.56. The highest BCUT2D eigenvalue weighted by Crippen LogP contribution is 2.28. The van der Waals surface area contributed by atoms with E-state index >= 15 is 0 Å². The fourth-order valence-electron chi connectivity index (χ4n) is 2.56. The molecule has 1 aliphatic heterocycles. The zero-order chi connectivity index (χ0) is 12.3. The Morgan fingerprint density at radius 1 is 1.29 bits per heavy atom. The van der Waals surface area contributed by atoms with Crippen LogP contribution in [0.25, 0.3) is 0 Å². The van der Waals surface area contributed by atoms with Gasteiger partial charge < -0.3 is 10.4 Å². The molecule has 0 amide bonds. The molecule has 1 heterocycles. The molecule has 0 aromatic heterocycles. The molecule has 0 radical (unpaired) electrons. The molecule has 0 aliphatic carbocycles. The lowest BCUT2D eigenvalue weighted by Crippen LogP contribution is -2.43. The predicted octanol–water partition coefficient (Wildman–Crippen LogP) is 2.46. The van der Waals surface area contributed by atoms with Crippen LogP contribution >= 0.6 is 0 Å². The van der Waals surface area contributed by atoms with Gasteiger partial charge in [0, 0.05) is 6.54 Å². The Morgan fingerprint density at radius 3 is 2.53 bits per heavy atom. The third kappa shape index (κ3) is 3.08. The van der Waals surface area contributed by atoms with Crippen molar-refractivity contribution < 1.29 is 5.11 Å². The second-order valence-corrected chi connectivity index (χ2v) is 5.61. The molecule has 1 unspecified atom stereocenters. The molecule has 2 N–H and O–H groups in total. The first-order chi connectivity index (χ1) is 8.10. The average Bonchev–Trinajstić information content (AvgIpc) is 2.30. The van der Waals surface area contributed by atoms with Crippen LogP contribution in [0.1, 0.15) is 37.8 Å². The van der Waals surface area contributed by atoms with Gasteiger partial charge in [0.25, 0.3) is 0 Å². The number of nitrogens with one attached hydrogen (secondary N) is 1. The highest BCUT2D eigenvalue weighted by atomic mass is 16.3. The summed E-state index contributed by atoms with van der Waals surface area (Å²) in [6.07, 6.45) is 3.02. The van der Waals surface area contributed by atoms with E-state index in [2.05, 4.69) is 43.4 Å². The first-order valence-corrected chi connectivity index (χ1v) is 6.63. The van der Waals surface area contributed by atoms with E-state index in [1.54, 1.807) is 0 Å². The van der Waals surface area contributed by atoms with Gasteiger partial charge >= 0.3 is 0 Å². The van der Waals surface area contributed by atoms with Crippen LogP contribution in [0.4, 0.5) is 0 Å². The van der Waals surface area contributed by atoms with Crippen molar-refractivity contribution >= 4 is 0 Å². The van der Waals surface area contributed by atoms with E-state index < -0.39 is 5.60 Å². The average molecular weight is 233 g/mol. The first-order valence-electron chi connectivity index (χ1n) is 6.63. The molecule has 1 aliphatic rings. The van der Waals surface area contributed by atoms with E-state index in [4.69, 9.17) is 0 Å². The Hall–Kier alpha value is -0.860. The summed E-state index contributed by atoms with van der Waals surface area (Å²) in [4.78, 5) is 0. The molecular weight excluding hydrogens is 210 g/mol. The standard InChI is InChI=1S/C15H23NO/c1-12(2)10-13-4-6-14(7-5-13)15(17)8-3-9-16-11-15/h4-7,12,16-17H,3,8-11H2,1-2H3. The predicted molar refractivity (Wildman–Crippen MR) is 71.0 cm³/mol. The van der Waals surface area contributed by atoms with E-state index in [0.29, 0.717) is 12.5 Å². The van der Waals surface area contributed by atoms with Gasteiger partial charge in [0.05, 0.1) is 0 Å². The van der Waals surface area contributed by atoms with Crippen LogP contribution in [-0.2, 0) is 12.0 Å². The highest BCUT2D eigenvalue weighted by molar-refractivity contribution is 5.28. The van der Waals surface area contributed by atoms with E-state index in [9.17, 15) is 5.11 Å². The molecule has 1 saturated heterocycles. The van der Waals surface area contributed by atoms with Crippen LogP contribution < -0.4 is 5.32 Å². The van der Waals surface area contributed by atoms with Gasteiger partial charge in [-0.05, 0) is 42.9 Å². The van der Waals surface area contributed by atoms with Crippen LogP contribution in [0.5, 0.6) is 0 Å². The van der Waals surface area contributed by atoms with Crippen LogP contribution in [0.15, 0.2) is 24.3 Å². The molecule has 0 bridgehead atoms. The monoisotopic (exact) mass is 233 g/mol. The lowest BCUT2D eigenvalue weighted by molar-refractivity contribution is 0.0123. The van der Waals surface area contributed by atoms with Gasteiger partial charge in [0.15, 0.2) is 0 Å². The van der Waals surface area contributed by atoms with Gasteiger partial charge in [-0.2, -0.15) is 0 Å². The topological polar surface area (TPSA) is 32.3 Å². The van der Waals surface area contributed by atoms with Crippen molar-refractivity contribution in [3.8, 4) is 0 Å². The maximum atomic E-state index is 10.6. The van der Waals surface area contributed by atoms with Gasteiger partial charge in [-0.25, -0.2) is 0 Å². The Morgan fingerprint density at radius 2 is 2.00 bits per heavy atom. The molecule has 94 valence electrons. The number of hydrogen-bond donors (Lipinski definition) is 2. The van der Waals surface area contributed by atoms with Crippen LogP contribution in [-0.4, -0.2) is 18.2 Å². The van der Waals surface area contributed by atoms with Crippen molar-refractivity contribution in [1.82, 2.24) is 5.32 Å². The molecule has 1 fully saturated rings. The SMILES string of the molecule is CC(C)Cc1ccc(C2(O)CCCNC2)cc1. The van der Waals surface area contributed by atoms with E-state index in [1.165, 1.54) is 5.56 Å². The van der Waals surface area contributed by atoms with E-state index in [-0.39, 0.29) is 0 Å². The zero-order valence-electron chi connectivity index (χ0n) is 10.9. The van der Waals surface area contributed by atoms with Gasteiger partial charge in [-0.15, -0.1) is 0 Å². The molecule has 0 spiro atoms. The van der Waals surface area contributed by atoms with Crippen molar-refractivity contribution in [1.29, 1.82) is 0 Å². The van der Waals surface area contributed by atoms with Crippen molar-refractivity contribution in [3.63, 3.8) is 0 Å². The van der Waals surface area contributed by atoms with Gasteiger partial charge in [-0.3, -0.25) is 0 Å². The molecule has 0 saturated carbocycles. The summed E-state index contributed by atoms with van der Waals surface area (Å²) in [5.74, 6) is 0.681. The molecule has 2 heteroatoms. The van der Waals surface area contributed by atoms with Gasteiger partial charge in [0.2, 0.25) is 0 Å². The maximum Gasteiger partial charge on any atom is 0.102 e. The number of rotatable bonds is 3. The Bertz CT molecular complexity index is 350. The normalized spacial score (nSPS) is 25.2. The van der Waals surface area contributed by atoms with Crippen LogP contribution in [0.3, 0.4) is 0 Å². The minimum atomic E-state index is -0.658. The molecule has 1 aromatic rings. The number of aliphatic hydroxyl groups is 1. The first kappa shape index (κ1) is 12.6. The second kappa shape index (κ2) is 5.19. The molecule has 17 heavy (non-hydrogen) atoms. The number of hydrogen-bond acceptors (Lipinski definition) is 2. The minimum Gasteiger partial charge on any atom is -0.384 e. The molecule has 2 nitrogen and oxygen atoms in total. The molecule has 1 aromatic carbocycles. The highest BCUT2D eigenvalue weighted by Gasteiger charge is 2.30. The number of piperidine rings is 1. The summed E-state index contributed by atoms with van der Waals surface area (Å²) < 4.78 is 0. The Balaban J connectivity index is 2.11. The zero-order valence-corrected chi connectivity index (χ0v) is 10.9.